The molecule has 1 aromatic carbocycles. The van der Waals surface area contributed by atoms with Gasteiger partial charge in [-0.05, 0) is 26.0 Å². The van der Waals surface area contributed by atoms with Gasteiger partial charge in [0.25, 0.3) is 5.89 Å². The van der Waals surface area contributed by atoms with Gasteiger partial charge in [-0.25, -0.2) is 0 Å². The number of benzene rings is 1. The molecule has 2 rings (SSSR count). The monoisotopic (exact) mass is 276 g/mol. The van der Waals surface area contributed by atoms with Crippen molar-refractivity contribution in [1.29, 1.82) is 0 Å². The fraction of sp³-hybridized carbons (Fsp3) is 0.429. The predicted molar refractivity (Wildman–Crippen MR) is 76.6 cm³/mol. The molecular weight excluding hydrogens is 256 g/mol. The van der Waals surface area contributed by atoms with Crippen LogP contribution in [0, 0.1) is 0 Å². The summed E-state index contributed by atoms with van der Waals surface area (Å²) in [6.07, 6.45) is 0. The van der Waals surface area contributed by atoms with Gasteiger partial charge >= 0.3 is 0 Å². The Morgan fingerprint density at radius 1 is 1.35 bits per heavy atom. The third-order valence-corrected chi connectivity index (χ3v) is 2.74. The molecule has 0 spiro atoms. The minimum absolute atomic E-state index is 0.222. The molecule has 0 aliphatic rings. The highest BCUT2D eigenvalue weighted by atomic mass is 16.5. The maximum atomic E-state index is 5.90. The molecule has 0 radical (unpaired) electrons. The Morgan fingerprint density at radius 3 is 2.70 bits per heavy atom. The van der Waals surface area contributed by atoms with E-state index in [4.69, 9.17) is 15.0 Å². The van der Waals surface area contributed by atoms with Crippen LogP contribution in [0.5, 0.6) is 5.75 Å². The molecule has 108 valence electrons. The quantitative estimate of drug-likeness (QED) is 0.898. The van der Waals surface area contributed by atoms with Crippen molar-refractivity contribution in [2.24, 2.45) is 5.73 Å². The molecule has 0 unspecified atom stereocenters. The van der Waals surface area contributed by atoms with E-state index >= 15 is 0 Å². The summed E-state index contributed by atoms with van der Waals surface area (Å²) < 4.78 is 10.8. The lowest BCUT2D eigenvalue weighted by Gasteiger charge is -2.13. The Bertz CT molecular complexity index is 573. The largest absolute Gasteiger partial charge is 0.484 e. The number of aromatic nitrogens is 2. The number of ether oxygens (including phenoxy) is 1. The fourth-order valence-corrected chi connectivity index (χ4v) is 1.57. The van der Waals surface area contributed by atoms with Gasteiger partial charge in [0.1, 0.15) is 5.75 Å². The molecular formula is C14H20N4O2. The second kappa shape index (κ2) is 5.50. The van der Waals surface area contributed by atoms with Crippen LogP contribution in [0.2, 0.25) is 0 Å². The Balaban J connectivity index is 2.02. The number of nitrogens with zero attached hydrogens (tertiary/aromatic N) is 3. The van der Waals surface area contributed by atoms with Crippen LogP contribution in [0.4, 0.5) is 5.69 Å². The molecule has 20 heavy (non-hydrogen) atoms. The highest BCUT2D eigenvalue weighted by molar-refractivity contribution is 5.49. The fourth-order valence-electron chi connectivity index (χ4n) is 1.57. The molecule has 1 aromatic heterocycles. The third kappa shape index (κ3) is 3.48. The van der Waals surface area contributed by atoms with Crippen LogP contribution >= 0.6 is 0 Å². The van der Waals surface area contributed by atoms with E-state index < -0.39 is 5.54 Å². The molecule has 0 bridgehead atoms. The normalized spacial score (nSPS) is 11.4. The molecule has 0 aliphatic carbocycles. The molecule has 0 amide bonds. The topological polar surface area (TPSA) is 77.4 Å². The zero-order valence-corrected chi connectivity index (χ0v) is 12.3. The zero-order chi connectivity index (χ0) is 14.8. The third-order valence-electron chi connectivity index (χ3n) is 2.74. The molecule has 1 heterocycles. The molecule has 2 aromatic rings. The van der Waals surface area contributed by atoms with Crippen LogP contribution in [-0.2, 0) is 12.1 Å². The average Bonchev–Trinajstić information content (AvgIpc) is 2.85. The smallest absolute Gasteiger partial charge is 0.264 e. The van der Waals surface area contributed by atoms with Gasteiger partial charge in [-0.3, -0.25) is 0 Å². The Morgan fingerprint density at radius 2 is 2.10 bits per heavy atom. The van der Waals surface area contributed by atoms with Gasteiger partial charge < -0.3 is 19.9 Å². The van der Waals surface area contributed by atoms with Crippen molar-refractivity contribution >= 4 is 5.69 Å². The number of hydrogen-bond donors (Lipinski definition) is 1. The van der Waals surface area contributed by atoms with Crippen molar-refractivity contribution in [2.75, 3.05) is 19.0 Å². The van der Waals surface area contributed by atoms with E-state index in [2.05, 4.69) is 10.1 Å². The van der Waals surface area contributed by atoms with Crippen LogP contribution in [0.1, 0.15) is 25.6 Å². The van der Waals surface area contributed by atoms with Crippen LogP contribution in [0.15, 0.2) is 28.8 Å². The molecule has 0 aliphatic heterocycles. The minimum Gasteiger partial charge on any atom is -0.484 e. The summed E-state index contributed by atoms with van der Waals surface area (Å²) in [7, 11) is 3.96. The molecule has 0 atom stereocenters. The van der Waals surface area contributed by atoms with Crippen LogP contribution < -0.4 is 15.4 Å². The van der Waals surface area contributed by atoms with Gasteiger partial charge in [0.2, 0.25) is 0 Å². The van der Waals surface area contributed by atoms with Crippen LogP contribution in [0.3, 0.4) is 0 Å². The molecule has 0 saturated heterocycles. The predicted octanol–water partition coefficient (Wildman–Crippen LogP) is 1.91. The molecule has 0 saturated carbocycles. The van der Waals surface area contributed by atoms with Crippen molar-refractivity contribution in [3.8, 4) is 5.75 Å². The van der Waals surface area contributed by atoms with Crippen molar-refractivity contribution in [3.63, 3.8) is 0 Å². The van der Waals surface area contributed by atoms with Gasteiger partial charge in [-0.15, -0.1) is 0 Å². The molecule has 6 nitrogen and oxygen atoms in total. The maximum absolute atomic E-state index is 5.90. The highest BCUT2D eigenvalue weighted by Crippen LogP contribution is 2.20. The number of rotatable bonds is 5. The minimum atomic E-state index is -0.618. The Labute approximate surface area is 118 Å². The van der Waals surface area contributed by atoms with Crippen LogP contribution in [-0.4, -0.2) is 24.2 Å². The number of anilines is 1. The standard InChI is InChI=1S/C14H20N4O2/c1-14(2,15)13-16-12(20-17-13)9-19-11-7-5-6-10(8-11)18(3)4/h5-8H,9,15H2,1-4H3. The number of nitrogens with two attached hydrogens (primary N) is 1. The summed E-state index contributed by atoms with van der Waals surface area (Å²) in [5.74, 6) is 1.63. The Kier molecular flexibility index (Phi) is 3.94. The lowest BCUT2D eigenvalue weighted by Crippen LogP contribution is -2.30. The van der Waals surface area contributed by atoms with E-state index in [1.54, 1.807) is 0 Å². The lowest BCUT2D eigenvalue weighted by atomic mass is 10.1. The Hall–Kier alpha value is -2.08. The van der Waals surface area contributed by atoms with E-state index in [0.717, 1.165) is 11.4 Å². The van der Waals surface area contributed by atoms with Gasteiger partial charge in [-0.2, -0.15) is 4.98 Å². The zero-order valence-electron chi connectivity index (χ0n) is 12.3. The summed E-state index contributed by atoms with van der Waals surface area (Å²) in [6.45, 7) is 3.87. The van der Waals surface area contributed by atoms with E-state index in [1.165, 1.54) is 0 Å². The number of hydrogen-bond acceptors (Lipinski definition) is 6. The summed E-state index contributed by atoms with van der Waals surface area (Å²) in [5, 5.41) is 3.85. The van der Waals surface area contributed by atoms with Crippen LogP contribution in [0.25, 0.3) is 0 Å². The SMILES string of the molecule is CN(C)c1cccc(OCc2nc(C(C)(C)N)no2)c1. The van der Waals surface area contributed by atoms with E-state index in [0.29, 0.717) is 11.7 Å². The first-order valence-electron chi connectivity index (χ1n) is 6.38. The summed E-state index contributed by atoms with van der Waals surface area (Å²) in [4.78, 5) is 6.22. The van der Waals surface area contributed by atoms with Gasteiger partial charge in [0.05, 0.1) is 5.54 Å². The van der Waals surface area contributed by atoms with E-state index in [-0.39, 0.29) is 6.61 Å². The van der Waals surface area contributed by atoms with Crippen molar-refractivity contribution in [1.82, 2.24) is 10.1 Å². The summed E-state index contributed by atoms with van der Waals surface area (Å²) in [5.41, 5.74) is 6.35. The summed E-state index contributed by atoms with van der Waals surface area (Å²) >= 11 is 0. The maximum Gasteiger partial charge on any atom is 0.264 e. The first kappa shape index (κ1) is 14.3. The van der Waals surface area contributed by atoms with Crippen molar-refractivity contribution in [3.05, 3.63) is 36.0 Å². The molecule has 0 fully saturated rings. The van der Waals surface area contributed by atoms with Gasteiger partial charge in [-0.1, -0.05) is 11.2 Å². The van der Waals surface area contributed by atoms with Gasteiger partial charge in [0.15, 0.2) is 12.4 Å². The van der Waals surface area contributed by atoms with Gasteiger partial charge in [0, 0.05) is 25.8 Å². The summed E-state index contributed by atoms with van der Waals surface area (Å²) in [6, 6.07) is 7.78. The molecule has 2 N–H and O–H groups in total. The highest BCUT2D eigenvalue weighted by Gasteiger charge is 2.21. The average molecular weight is 276 g/mol. The first-order chi connectivity index (χ1) is 9.36. The van der Waals surface area contributed by atoms with Crippen molar-refractivity contribution < 1.29 is 9.26 Å². The molecule has 6 heteroatoms. The van der Waals surface area contributed by atoms with Crippen molar-refractivity contribution in [2.45, 2.75) is 26.0 Å². The first-order valence-corrected chi connectivity index (χ1v) is 6.38. The second-order valence-corrected chi connectivity index (χ2v) is 5.41. The van der Waals surface area contributed by atoms with E-state index in [1.807, 2.05) is 57.1 Å². The van der Waals surface area contributed by atoms with E-state index in [9.17, 15) is 0 Å². The lowest BCUT2D eigenvalue weighted by molar-refractivity contribution is 0.242. The second-order valence-electron chi connectivity index (χ2n) is 5.41.